The van der Waals surface area contributed by atoms with E-state index in [0.717, 1.165) is 0 Å². The van der Waals surface area contributed by atoms with Gasteiger partial charge in [0.1, 0.15) is 18.2 Å². The van der Waals surface area contributed by atoms with Gasteiger partial charge in [0.2, 0.25) is 5.91 Å². The second kappa shape index (κ2) is 7.15. The lowest BCUT2D eigenvalue weighted by Gasteiger charge is -2.17. The van der Waals surface area contributed by atoms with Crippen LogP contribution in [0.3, 0.4) is 0 Å². The van der Waals surface area contributed by atoms with Crippen LogP contribution in [-0.2, 0) is 23.8 Å². The van der Waals surface area contributed by atoms with Crippen molar-refractivity contribution in [1.29, 1.82) is 0 Å². The fraction of sp³-hybridized carbons (Fsp3) is 0.643. The number of rotatable bonds is 6. The smallest absolute Gasteiger partial charge is 0.360 e. The van der Waals surface area contributed by atoms with Crippen LogP contribution >= 0.6 is 0 Å². The van der Waals surface area contributed by atoms with E-state index in [-0.39, 0.29) is 56.0 Å². The molecule has 2 aliphatic heterocycles. The Morgan fingerprint density at radius 3 is 2.80 bits per heavy atom. The molecule has 0 radical (unpaired) electrons. The number of ether oxygens (including phenoxy) is 3. The molecule has 0 saturated carbocycles. The second-order valence-electron chi connectivity index (χ2n) is 5.78. The van der Waals surface area contributed by atoms with E-state index in [1.54, 1.807) is 0 Å². The predicted octanol–water partition coefficient (Wildman–Crippen LogP) is -2.58. The minimum Gasteiger partial charge on any atom is -0.550 e. The maximum Gasteiger partial charge on any atom is 0.360 e. The molecule has 0 aromatic carbocycles. The molecule has 11 heteroatoms. The van der Waals surface area contributed by atoms with Crippen molar-refractivity contribution in [3.8, 4) is 0 Å². The predicted molar refractivity (Wildman–Crippen MR) is 76.1 cm³/mol. The summed E-state index contributed by atoms with van der Waals surface area (Å²) in [6, 6.07) is -0.672. The summed E-state index contributed by atoms with van der Waals surface area (Å²) in [6.45, 7) is 0.520. The number of nitrogens with one attached hydrogen (secondary N) is 1. The summed E-state index contributed by atoms with van der Waals surface area (Å²) in [7, 11) is 1.25. The Morgan fingerprint density at radius 1 is 1.32 bits per heavy atom. The molecule has 1 aromatic rings. The summed E-state index contributed by atoms with van der Waals surface area (Å²) in [5.41, 5.74) is 0.0797. The lowest BCUT2D eigenvalue weighted by Crippen LogP contribution is -2.44. The number of methoxy groups -OCH3 is 1. The normalized spacial score (nSPS) is 27.7. The molecular weight excluding hydrogens is 336 g/mol. The minimum atomic E-state index is -1.28. The van der Waals surface area contributed by atoms with Gasteiger partial charge in [-0.15, -0.1) is 5.10 Å². The largest absolute Gasteiger partial charge is 0.550 e. The average molecular weight is 353 g/mol. The number of nitrogens with zero attached hydrogens (tertiary/aromatic N) is 3. The summed E-state index contributed by atoms with van der Waals surface area (Å²) in [6.07, 6.45) is 0.204. The van der Waals surface area contributed by atoms with Gasteiger partial charge in [-0.3, -0.25) is 4.79 Å². The number of aliphatic carboxylic acids is 1. The van der Waals surface area contributed by atoms with Gasteiger partial charge in [-0.25, -0.2) is 9.48 Å². The van der Waals surface area contributed by atoms with E-state index >= 15 is 0 Å². The van der Waals surface area contributed by atoms with Crippen molar-refractivity contribution in [3.05, 3.63) is 11.9 Å². The molecule has 1 N–H and O–H groups in total. The third-order valence-electron chi connectivity index (χ3n) is 4.17. The summed E-state index contributed by atoms with van der Waals surface area (Å²) < 4.78 is 17.5. The van der Waals surface area contributed by atoms with Gasteiger partial charge in [0.05, 0.1) is 32.6 Å². The van der Waals surface area contributed by atoms with Gasteiger partial charge in [0.25, 0.3) is 0 Å². The van der Waals surface area contributed by atoms with Crippen molar-refractivity contribution in [3.63, 3.8) is 0 Å². The first-order valence-corrected chi connectivity index (χ1v) is 7.72. The molecule has 0 spiro atoms. The molecular formula is C14H17N4O7-. The number of carbonyl (C=O) groups is 3. The maximum absolute atomic E-state index is 11.8. The van der Waals surface area contributed by atoms with Crippen LogP contribution in [0.25, 0.3) is 0 Å². The summed E-state index contributed by atoms with van der Waals surface area (Å²) in [5.74, 6) is -2.27. The molecule has 3 heterocycles. The quantitative estimate of drug-likeness (QED) is 0.545. The lowest BCUT2D eigenvalue weighted by atomic mass is 10.1. The number of hydrogen-bond donors (Lipinski definition) is 1. The summed E-state index contributed by atoms with van der Waals surface area (Å²) in [4.78, 5) is 33.6. The number of carbonyl (C=O) groups excluding carboxylic acids is 3. The van der Waals surface area contributed by atoms with Crippen LogP contribution in [0, 0.1) is 0 Å². The summed E-state index contributed by atoms with van der Waals surface area (Å²) >= 11 is 0. The molecule has 0 bridgehead atoms. The Labute approximate surface area is 142 Å². The van der Waals surface area contributed by atoms with Gasteiger partial charge in [0, 0.05) is 12.4 Å². The van der Waals surface area contributed by atoms with Crippen LogP contribution in [0.4, 0.5) is 0 Å². The van der Waals surface area contributed by atoms with E-state index < -0.39 is 17.8 Å². The molecule has 11 nitrogen and oxygen atoms in total. The fourth-order valence-corrected chi connectivity index (χ4v) is 2.96. The third-order valence-corrected chi connectivity index (χ3v) is 4.17. The highest BCUT2D eigenvalue weighted by Crippen LogP contribution is 2.33. The number of carboxylic acid groups (broad SMARTS) is 1. The van der Waals surface area contributed by atoms with E-state index in [1.165, 1.54) is 18.0 Å². The van der Waals surface area contributed by atoms with Crippen LogP contribution in [0.5, 0.6) is 0 Å². The van der Waals surface area contributed by atoms with Crippen molar-refractivity contribution in [1.82, 2.24) is 20.3 Å². The zero-order valence-electron chi connectivity index (χ0n) is 13.4. The number of fused-ring (bicyclic) bond motifs is 1. The standard InChI is InChI=1S/C14H18N4O7/c1-23-14(22)7-4-18(17-16-7)9-6-25-12-8(5-24-13(9)12)15-10(19)2-3-11(20)21/h4,8-9,12-13H,2-3,5-6H2,1H3,(H,15,19)(H,20,21)/p-1/t8-,9-,12+,13+/m0/s1. The van der Waals surface area contributed by atoms with Crippen LogP contribution in [0.15, 0.2) is 6.20 Å². The van der Waals surface area contributed by atoms with Gasteiger partial charge in [0.15, 0.2) is 5.69 Å². The zero-order valence-corrected chi connectivity index (χ0v) is 13.4. The maximum atomic E-state index is 11.8. The Kier molecular flexibility index (Phi) is 4.95. The van der Waals surface area contributed by atoms with E-state index in [9.17, 15) is 19.5 Å². The minimum absolute atomic E-state index is 0.0797. The Balaban J connectivity index is 1.60. The van der Waals surface area contributed by atoms with Crippen LogP contribution in [0.1, 0.15) is 29.4 Å². The molecule has 1 aromatic heterocycles. The van der Waals surface area contributed by atoms with Crippen molar-refractivity contribution < 1.29 is 33.7 Å². The molecule has 1 amide bonds. The van der Waals surface area contributed by atoms with Crippen molar-refractivity contribution >= 4 is 17.8 Å². The highest BCUT2D eigenvalue weighted by atomic mass is 16.6. The van der Waals surface area contributed by atoms with Crippen molar-refractivity contribution in [2.75, 3.05) is 20.3 Å². The molecule has 0 aliphatic carbocycles. The molecule has 25 heavy (non-hydrogen) atoms. The number of amides is 1. The first-order valence-electron chi connectivity index (χ1n) is 7.72. The molecule has 2 saturated heterocycles. The van der Waals surface area contributed by atoms with E-state index in [1.807, 2.05) is 0 Å². The van der Waals surface area contributed by atoms with Gasteiger partial charge in [-0.2, -0.15) is 0 Å². The first-order chi connectivity index (χ1) is 12.0. The Morgan fingerprint density at radius 2 is 2.08 bits per heavy atom. The van der Waals surface area contributed by atoms with Crippen molar-refractivity contribution in [2.45, 2.75) is 37.1 Å². The number of aromatic nitrogens is 3. The topological polar surface area (TPSA) is 145 Å². The molecule has 0 unspecified atom stereocenters. The number of esters is 1. The Bertz CT molecular complexity index is 676. The number of hydrogen-bond acceptors (Lipinski definition) is 9. The SMILES string of the molecule is COC(=O)c1cn([C@H]2CO[C@H]3[C@@H]2OC[C@@H]3NC(=O)CCC(=O)[O-])nn1. The van der Waals surface area contributed by atoms with Crippen LogP contribution in [0.2, 0.25) is 0 Å². The van der Waals surface area contributed by atoms with Crippen LogP contribution < -0.4 is 10.4 Å². The molecule has 2 aliphatic rings. The highest BCUT2D eigenvalue weighted by molar-refractivity contribution is 5.86. The Hall–Kier alpha value is -2.53. The van der Waals surface area contributed by atoms with Gasteiger partial charge < -0.3 is 29.4 Å². The molecule has 2 fully saturated rings. The van der Waals surface area contributed by atoms with Crippen molar-refractivity contribution in [2.24, 2.45) is 0 Å². The van der Waals surface area contributed by atoms with E-state index in [2.05, 4.69) is 20.4 Å². The van der Waals surface area contributed by atoms with Gasteiger partial charge in [-0.05, 0) is 6.42 Å². The van der Waals surface area contributed by atoms with Crippen LogP contribution in [-0.4, -0.2) is 71.4 Å². The van der Waals surface area contributed by atoms with E-state index in [0.29, 0.717) is 0 Å². The lowest BCUT2D eigenvalue weighted by molar-refractivity contribution is -0.305. The first kappa shape index (κ1) is 17.3. The highest BCUT2D eigenvalue weighted by Gasteiger charge is 2.49. The average Bonchev–Trinajstić information content (AvgIpc) is 3.29. The fourth-order valence-electron chi connectivity index (χ4n) is 2.96. The van der Waals surface area contributed by atoms with E-state index in [4.69, 9.17) is 9.47 Å². The molecule has 4 atom stereocenters. The molecule has 3 rings (SSSR count). The number of carboxylic acids is 1. The zero-order chi connectivity index (χ0) is 18.0. The third kappa shape index (κ3) is 3.61. The second-order valence-corrected chi connectivity index (χ2v) is 5.78. The van der Waals surface area contributed by atoms with Gasteiger partial charge in [-0.1, -0.05) is 5.21 Å². The van der Waals surface area contributed by atoms with Gasteiger partial charge >= 0.3 is 5.97 Å². The monoisotopic (exact) mass is 353 g/mol. The molecule has 136 valence electrons. The summed E-state index contributed by atoms with van der Waals surface area (Å²) in [5, 5.41) is 20.8.